The molecule has 8 nitrogen and oxygen atoms in total. The van der Waals surface area contributed by atoms with E-state index in [-0.39, 0.29) is 24.3 Å². The standard InChI is InChI=1S/C23H27FN6O2/c1-14-20-21(29(4)15(2)22(31)28-20)27-19(26-14)10-5-16-11-25-30(12-16)13-23(3,32)17-6-8-18(24)9-7-17/h6-9,11-12,15,32H,5,10,13H2,1-4H3,(H,28,31)/t15-,23?/m0/s1. The molecule has 3 aromatic rings. The predicted octanol–water partition coefficient (Wildman–Crippen LogP) is 2.59. The fraction of sp³-hybridized carbons (Fsp3) is 0.391. The van der Waals surface area contributed by atoms with Crippen molar-refractivity contribution in [3.63, 3.8) is 0 Å². The highest BCUT2D eigenvalue weighted by Crippen LogP contribution is 2.31. The molecule has 1 unspecified atom stereocenters. The van der Waals surface area contributed by atoms with Crippen molar-refractivity contribution in [2.75, 3.05) is 17.3 Å². The van der Waals surface area contributed by atoms with E-state index in [2.05, 4.69) is 20.4 Å². The second-order valence-corrected chi connectivity index (χ2v) is 8.53. The van der Waals surface area contributed by atoms with Crippen LogP contribution in [0.2, 0.25) is 0 Å². The fourth-order valence-corrected chi connectivity index (χ4v) is 3.81. The highest BCUT2D eigenvalue weighted by atomic mass is 19.1. The zero-order chi connectivity index (χ0) is 23.0. The highest BCUT2D eigenvalue weighted by Gasteiger charge is 2.30. The lowest BCUT2D eigenvalue weighted by molar-refractivity contribution is -0.117. The Kier molecular flexibility index (Phi) is 5.68. The summed E-state index contributed by atoms with van der Waals surface area (Å²) < 4.78 is 14.9. The van der Waals surface area contributed by atoms with Crippen molar-refractivity contribution in [1.29, 1.82) is 0 Å². The summed E-state index contributed by atoms with van der Waals surface area (Å²) in [5.41, 5.74) is 1.84. The van der Waals surface area contributed by atoms with Gasteiger partial charge < -0.3 is 15.3 Å². The highest BCUT2D eigenvalue weighted by molar-refractivity contribution is 6.02. The van der Waals surface area contributed by atoms with Crippen LogP contribution in [0, 0.1) is 12.7 Å². The molecule has 1 amide bonds. The van der Waals surface area contributed by atoms with Gasteiger partial charge in [-0.3, -0.25) is 9.48 Å². The normalized spacial score (nSPS) is 17.6. The van der Waals surface area contributed by atoms with Crippen LogP contribution in [0.5, 0.6) is 0 Å². The number of halogens is 1. The molecule has 0 radical (unpaired) electrons. The number of carbonyl (C=O) groups excluding carboxylic acids is 1. The average Bonchev–Trinajstić information content (AvgIpc) is 3.18. The number of hydrogen-bond donors (Lipinski definition) is 2. The smallest absolute Gasteiger partial charge is 0.246 e. The fourth-order valence-electron chi connectivity index (χ4n) is 3.81. The topological polar surface area (TPSA) is 96.2 Å². The van der Waals surface area contributed by atoms with Gasteiger partial charge >= 0.3 is 0 Å². The van der Waals surface area contributed by atoms with Crippen LogP contribution in [-0.2, 0) is 29.8 Å². The van der Waals surface area contributed by atoms with E-state index in [1.54, 1.807) is 29.9 Å². The van der Waals surface area contributed by atoms with Gasteiger partial charge in [-0.25, -0.2) is 14.4 Å². The van der Waals surface area contributed by atoms with Gasteiger partial charge in [-0.05, 0) is 50.5 Å². The summed E-state index contributed by atoms with van der Waals surface area (Å²) in [6, 6.07) is 5.54. The van der Waals surface area contributed by atoms with E-state index in [4.69, 9.17) is 0 Å². The minimum atomic E-state index is -1.18. The predicted molar refractivity (Wildman–Crippen MR) is 119 cm³/mol. The summed E-state index contributed by atoms with van der Waals surface area (Å²) in [6.45, 7) is 5.63. The Morgan fingerprint density at radius 2 is 1.94 bits per heavy atom. The van der Waals surface area contributed by atoms with Gasteiger partial charge in [0.05, 0.1) is 18.4 Å². The van der Waals surface area contributed by atoms with Crippen LogP contribution in [0.1, 0.15) is 36.5 Å². The molecule has 0 spiro atoms. The van der Waals surface area contributed by atoms with Gasteiger partial charge in [0.15, 0.2) is 5.82 Å². The zero-order valence-corrected chi connectivity index (χ0v) is 18.6. The molecule has 2 atom stereocenters. The number of hydrogen-bond acceptors (Lipinski definition) is 6. The molecule has 32 heavy (non-hydrogen) atoms. The molecular formula is C23H27FN6O2. The molecule has 3 heterocycles. The van der Waals surface area contributed by atoms with Crippen molar-refractivity contribution in [3.8, 4) is 0 Å². The van der Waals surface area contributed by atoms with Gasteiger partial charge in [-0.15, -0.1) is 0 Å². The first kappa shape index (κ1) is 21.9. The monoisotopic (exact) mass is 438 g/mol. The summed E-state index contributed by atoms with van der Waals surface area (Å²) in [7, 11) is 1.86. The Balaban J connectivity index is 1.44. The number of carbonyl (C=O) groups is 1. The van der Waals surface area contributed by atoms with Gasteiger partial charge in [0, 0.05) is 19.7 Å². The van der Waals surface area contributed by atoms with Crippen molar-refractivity contribution in [2.24, 2.45) is 0 Å². The summed E-state index contributed by atoms with van der Waals surface area (Å²) in [5, 5.41) is 18.1. The molecule has 0 saturated heterocycles. The third-order valence-corrected chi connectivity index (χ3v) is 5.92. The molecule has 0 saturated carbocycles. The van der Waals surface area contributed by atoms with E-state index in [9.17, 15) is 14.3 Å². The first-order chi connectivity index (χ1) is 15.1. The quantitative estimate of drug-likeness (QED) is 0.614. The summed E-state index contributed by atoms with van der Waals surface area (Å²) in [5.74, 6) is 1.02. The van der Waals surface area contributed by atoms with Crippen LogP contribution in [0.4, 0.5) is 15.9 Å². The molecule has 168 valence electrons. The lowest BCUT2D eigenvalue weighted by Gasteiger charge is -2.32. The van der Waals surface area contributed by atoms with Gasteiger partial charge in [-0.1, -0.05) is 12.1 Å². The lowest BCUT2D eigenvalue weighted by Crippen LogP contribution is -2.45. The Morgan fingerprint density at radius 3 is 2.66 bits per heavy atom. The maximum Gasteiger partial charge on any atom is 0.246 e. The van der Waals surface area contributed by atoms with Crippen molar-refractivity contribution in [2.45, 2.75) is 51.8 Å². The van der Waals surface area contributed by atoms with Gasteiger partial charge in [-0.2, -0.15) is 5.10 Å². The summed E-state index contributed by atoms with van der Waals surface area (Å²) >= 11 is 0. The molecule has 1 aliphatic rings. The summed E-state index contributed by atoms with van der Waals surface area (Å²) in [4.78, 5) is 23.2. The van der Waals surface area contributed by atoms with Crippen LogP contribution >= 0.6 is 0 Å². The number of amides is 1. The van der Waals surface area contributed by atoms with Crippen molar-refractivity contribution in [3.05, 3.63) is 65.1 Å². The van der Waals surface area contributed by atoms with Gasteiger partial charge in [0.25, 0.3) is 0 Å². The first-order valence-electron chi connectivity index (χ1n) is 10.5. The van der Waals surface area contributed by atoms with Crippen LogP contribution in [-0.4, -0.2) is 43.9 Å². The third kappa shape index (κ3) is 4.34. The molecule has 2 aromatic heterocycles. The van der Waals surface area contributed by atoms with Crippen LogP contribution in [0.25, 0.3) is 0 Å². The Morgan fingerprint density at radius 1 is 1.22 bits per heavy atom. The molecule has 9 heteroatoms. The number of likely N-dealkylation sites (N-methyl/N-ethyl adjacent to an activating group) is 1. The SMILES string of the molecule is Cc1nc(CCc2cnn(CC(C)(O)c3ccc(F)cc3)c2)nc2c1NC(=O)[C@H](C)N2C. The van der Waals surface area contributed by atoms with Crippen LogP contribution < -0.4 is 10.2 Å². The molecule has 1 aliphatic heterocycles. The Labute approximate surface area is 186 Å². The third-order valence-electron chi connectivity index (χ3n) is 5.92. The molecule has 0 aliphatic carbocycles. The van der Waals surface area contributed by atoms with Gasteiger partial charge in [0.1, 0.15) is 29.0 Å². The van der Waals surface area contributed by atoms with Crippen molar-refractivity contribution >= 4 is 17.4 Å². The van der Waals surface area contributed by atoms with Crippen LogP contribution in [0.15, 0.2) is 36.7 Å². The number of rotatable bonds is 6. The van der Waals surface area contributed by atoms with E-state index < -0.39 is 5.60 Å². The zero-order valence-electron chi connectivity index (χ0n) is 18.6. The minimum Gasteiger partial charge on any atom is -0.384 e. The average molecular weight is 439 g/mol. The van der Waals surface area contributed by atoms with E-state index in [0.717, 1.165) is 17.1 Å². The Hall–Kier alpha value is -3.33. The number of anilines is 2. The molecule has 4 rings (SSSR count). The maximum atomic E-state index is 13.2. The molecule has 0 fully saturated rings. The van der Waals surface area contributed by atoms with E-state index >= 15 is 0 Å². The van der Waals surface area contributed by atoms with Crippen molar-refractivity contribution < 1.29 is 14.3 Å². The number of aryl methyl sites for hydroxylation is 3. The lowest BCUT2D eigenvalue weighted by atomic mass is 9.96. The molecule has 0 bridgehead atoms. The largest absolute Gasteiger partial charge is 0.384 e. The number of fused-ring (bicyclic) bond motifs is 1. The number of nitrogens with zero attached hydrogens (tertiary/aromatic N) is 5. The summed E-state index contributed by atoms with van der Waals surface area (Å²) in [6.07, 6.45) is 4.95. The maximum absolute atomic E-state index is 13.2. The number of aliphatic hydroxyl groups is 1. The number of benzene rings is 1. The van der Waals surface area contributed by atoms with Crippen molar-refractivity contribution in [1.82, 2.24) is 19.7 Å². The second-order valence-electron chi connectivity index (χ2n) is 8.53. The van der Waals surface area contributed by atoms with Crippen LogP contribution in [0.3, 0.4) is 0 Å². The molecule has 1 aromatic carbocycles. The number of aromatic nitrogens is 4. The van der Waals surface area contributed by atoms with E-state index in [0.29, 0.717) is 29.9 Å². The minimum absolute atomic E-state index is 0.0663. The first-order valence-corrected chi connectivity index (χ1v) is 10.5. The Bertz CT molecular complexity index is 1140. The second kappa shape index (κ2) is 8.31. The van der Waals surface area contributed by atoms with E-state index in [1.807, 2.05) is 32.0 Å². The molecular weight excluding hydrogens is 411 g/mol. The molecule has 2 N–H and O–H groups in total. The van der Waals surface area contributed by atoms with Gasteiger partial charge in [0.2, 0.25) is 5.91 Å². The number of nitrogens with one attached hydrogen (secondary N) is 1. The van der Waals surface area contributed by atoms with E-state index in [1.165, 1.54) is 12.1 Å².